The fourth-order valence-electron chi connectivity index (χ4n) is 7.16. The third kappa shape index (κ3) is 9.68. The van der Waals surface area contributed by atoms with Gasteiger partial charge >= 0.3 is 21.1 Å². The van der Waals surface area contributed by atoms with Crippen molar-refractivity contribution in [3.05, 3.63) is 132 Å². The Morgan fingerprint density at radius 1 is 0.727 bits per heavy atom. The molecule has 0 N–H and O–H groups in total. The molecular formula is C49H54N4OPt. The predicted molar refractivity (Wildman–Crippen MR) is 224 cm³/mol. The van der Waals surface area contributed by atoms with Crippen molar-refractivity contribution in [2.45, 2.75) is 93.9 Å². The van der Waals surface area contributed by atoms with E-state index < -0.39 is 0 Å². The SMILES string of the molecule is CC(C)CCc1ccnc(-n2c3[c-]c(Oc4[c-]c(-n5cc(-c6c(CCC(C)(C)C)cccc6CCC(C)(C)C)cn5)ccc4)ccc3c3ccccc32)c1.[Pt+2]. The van der Waals surface area contributed by atoms with Crippen molar-refractivity contribution >= 4 is 21.8 Å². The van der Waals surface area contributed by atoms with Crippen molar-refractivity contribution in [2.24, 2.45) is 16.7 Å². The van der Waals surface area contributed by atoms with Gasteiger partial charge in [0.05, 0.1) is 6.20 Å². The van der Waals surface area contributed by atoms with E-state index >= 15 is 0 Å². The molecule has 0 unspecified atom stereocenters. The zero-order chi connectivity index (χ0) is 38.0. The zero-order valence-electron chi connectivity index (χ0n) is 33.6. The minimum Gasteiger partial charge on any atom is -0.509 e. The molecule has 0 radical (unpaired) electrons. The van der Waals surface area contributed by atoms with Gasteiger partial charge in [0, 0.05) is 35.0 Å². The topological polar surface area (TPSA) is 44.9 Å². The molecule has 0 bridgehead atoms. The number of aryl methyl sites for hydroxylation is 3. The second kappa shape index (κ2) is 16.7. The van der Waals surface area contributed by atoms with Gasteiger partial charge in [-0.15, -0.1) is 35.7 Å². The van der Waals surface area contributed by atoms with Gasteiger partial charge < -0.3 is 9.30 Å². The average Bonchev–Trinajstić information content (AvgIpc) is 3.75. The molecule has 0 aliphatic carbocycles. The van der Waals surface area contributed by atoms with Crippen LogP contribution in [0.25, 0.3) is 44.4 Å². The van der Waals surface area contributed by atoms with E-state index in [4.69, 9.17) is 14.8 Å². The molecule has 7 aromatic rings. The maximum absolute atomic E-state index is 6.50. The van der Waals surface area contributed by atoms with Crippen LogP contribution in [0.2, 0.25) is 0 Å². The molecule has 55 heavy (non-hydrogen) atoms. The van der Waals surface area contributed by atoms with Crippen molar-refractivity contribution in [3.63, 3.8) is 0 Å². The monoisotopic (exact) mass is 909 g/mol. The van der Waals surface area contributed by atoms with Gasteiger partial charge in [-0.3, -0.25) is 4.68 Å². The molecule has 0 saturated heterocycles. The quantitative estimate of drug-likeness (QED) is 0.115. The molecule has 0 aliphatic heterocycles. The van der Waals surface area contributed by atoms with E-state index in [9.17, 15) is 0 Å². The first-order valence-corrected chi connectivity index (χ1v) is 19.6. The van der Waals surface area contributed by atoms with Crippen molar-refractivity contribution in [3.8, 4) is 34.1 Å². The number of para-hydroxylation sites is 1. The Morgan fingerprint density at radius 2 is 1.42 bits per heavy atom. The van der Waals surface area contributed by atoms with Gasteiger partial charge in [0.2, 0.25) is 0 Å². The van der Waals surface area contributed by atoms with Crippen molar-refractivity contribution in [2.75, 3.05) is 0 Å². The van der Waals surface area contributed by atoms with Gasteiger partial charge in [-0.25, -0.2) is 4.98 Å². The maximum Gasteiger partial charge on any atom is 2.00 e. The summed E-state index contributed by atoms with van der Waals surface area (Å²) in [7, 11) is 0. The number of fused-ring (bicyclic) bond motifs is 3. The van der Waals surface area contributed by atoms with Crippen molar-refractivity contribution in [1.82, 2.24) is 19.3 Å². The van der Waals surface area contributed by atoms with Gasteiger partial charge in [0.1, 0.15) is 5.82 Å². The van der Waals surface area contributed by atoms with Crippen LogP contribution in [-0.4, -0.2) is 19.3 Å². The molecule has 0 aliphatic rings. The molecule has 0 saturated carbocycles. The number of nitrogens with zero attached hydrogens (tertiary/aromatic N) is 4. The number of hydrogen-bond donors (Lipinski definition) is 0. The third-order valence-corrected chi connectivity index (χ3v) is 10.2. The molecule has 286 valence electrons. The van der Waals surface area contributed by atoms with E-state index in [1.54, 1.807) is 0 Å². The van der Waals surface area contributed by atoms with E-state index in [0.29, 0.717) is 17.4 Å². The molecule has 3 aromatic heterocycles. The smallest absolute Gasteiger partial charge is 0.509 e. The number of hydrogen-bond acceptors (Lipinski definition) is 3. The normalized spacial score (nSPS) is 12.1. The maximum atomic E-state index is 6.50. The van der Waals surface area contributed by atoms with Gasteiger partial charge in [-0.1, -0.05) is 97.3 Å². The van der Waals surface area contributed by atoms with E-state index in [2.05, 4.69) is 139 Å². The summed E-state index contributed by atoms with van der Waals surface area (Å²) in [5, 5.41) is 7.13. The number of rotatable bonds is 12. The van der Waals surface area contributed by atoms with Gasteiger partial charge in [0.25, 0.3) is 0 Å². The fourth-order valence-corrected chi connectivity index (χ4v) is 7.16. The van der Waals surface area contributed by atoms with Crippen LogP contribution in [0, 0.1) is 28.9 Å². The Kier molecular flexibility index (Phi) is 12.2. The molecule has 5 nitrogen and oxygen atoms in total. The van der Waals surface area contributed by atoms with Crippen LogP contribution in [0.3, 0.4) is 0 Å². The van der Waals surface area contributed by atoms with Crippen molar-refractivity contribution in [1.29, 1.82) is 0 Å². The van der Waals surface area contributed by atoms with E-state index in [0.717, 1.165) is 77.4 Å². The summed E-state index contributed by atoms with van der Waals surface area (Å²) in [6.07, 6.45) is 12.5. The van der Waals surface area contributed by atoms with Crippen LogP contribution in [0.1, 0.15) is 91.3 Å². The summed E-state index contributed by atoms with van der Waals surface area (Å²) < 4.78 is 10.6. The molecule has 0 atom stereocenters. The first-order chi connectivity index (χ1) is 25.8. The summed E-state index contributed by atoms with van der Waals surface area (Å²) in [6, 6.07) is 36.8. The summed E-state index contributed by atoms with van der Waals surface area (Å²) in [6.45, 7) is 18.4. The van der Waals surface area contributed by atoms with Crippen molar-refractivity contribution < 1.29 is 25.8 Å². The Labute approximate surface area is 342 Å². The zero-order valence-corrected chi connectivity index (χ0v) is 35.9. The number of aromatic nitrogens is 4. The summed E-state index contributed by atoms with van der Waals surface area (Å²) in [4.78, 5) is 4.83. The Bertz CT molecular complexity index is 2350. The molecule has 4 aromatic carbocycles. The summed E-state index contributed by atoms with van der Waals surface area (Å²) in [5.41, 5.74) is 9.88. The first-order valence-electron chi connectivity index (χ1n) is 19.6. The second-order valence-corrected chi connectivity index (χ2v) is 17.6. The summed E-state index contributed by atoms with van der Waals surface area (Å²) >= 11 is 0. The molecule has 0 fully saturated rings. The van der Waals surface area contributed by atoms with Gasteiger partial charge in [0.15, 0.2) is 0 Å². The van der Waals surface area contributed by atoms with Gasteiger partial charge in [-0.05, 0) is 107 Å². The number of pyridine rings is 1. The molecule has 0 amide bonds. The molecule has 6 heteroatoms. The largest absolute Gasteiger partial charge is 2.00 e. The standard InChI is InChI=1S/C49H54N4O.Pt/c1-34(2)19-20-35-25-28-50-46(29-35)53-44-18-10-9-17-42(44)43-22-21-41(31-45(43)53)54-40-16-12-15-39(30-40)52-33-38(32-51-52)47-36(23-26-48(3,4)5)13-11-14-37(47)24-27-49(6,7)8;/h9-18,21-22,25,28-29,32-34H,19-20,23-24,26-27H2,1-8H3;/q-2;+2. The second-order valence-electron chi connectivity index (χ2n) is 17.6. The van der Waals surface area contributed by atoms with Crippen LogP contribution in [0.4, 0.5) is 0 Å². The summed E-state index contributed by atoms with van der Waals surface area (Å²) in [5.74, 6) is 2.76. The molecule has 3 heterocycles. The molecular weight excluding hydrogens is 856 g/mol. The minimum absolute atomic E-state index is 0. The van der Waals surface area contributed by atoms with Crippen LogP contribution < -0.4 is 4.74 Å². The van der Waals surface area contributed by atoms with Crippen LogP contribution in [0.15, 0.2) is 104 Å². The third-order valence-electron chi connectivity index (χ3n) is 10.2. The van der Waals surface area contributed by atoms with E-state index in [1.165, 1.54) is 22.3 Å². The fraction of sp³-hybridized carbons (Fsp3) is 0.347. The Morgan fingerprint density at radius 3 is 2.13 bits per heavy atom. The average molecular weight is 910 g/mol. The number of ether oxygens (including phenoxy) is 1. The van der Waals surface area contributed by atoms with E-state index in [-0.39, 0.29) is 31.9 Å². The first kappa shape index (κ1) is 40.2. The predicted octanol–water partition coefficient (Wildman–Crippen LogP) is 13.0. The van der Waals surface area contributed by atoms with Gasteiger partial charge in [-0.2, -0.15) is 17.2 Å². The molecule has 7 rings (SSSR count). The van der Waals surface area contributed by atoms with Crippen LogP contribution in [-0.2, 0) is 40.3 Å². The van der Waals surface area contributed by atoms with Crippen LogP contribution in [0.5, 0.6) is 11.5 Å². The number of benzene rings is 4. The Hall–Kier alpha value is -4.47. The van der Waals surface area contributed by atoms with Crippen LogP contribution >= 0.6 is 0 Å². The van der Waals surface area contributed by atoms with E-state index in [1.807, 2.05) is 41.3 Å². The Balaban J connectivity index is 0.00000514. The molecule has 0 spiro atoms. The minimum atomic E-state index is 0.